The molecule has 12 nitrogen and oxygen atoms in total. The van der Waals surface area contributed by atoms with E-state index in [-0.39, 0.29) is 36.8 Å². The van der Waals surface area contributed by atoms with E-state index in [9.17, 15) is 24.0 Å². The summed E-state index contributed by atoms with van der Waals surface area (Å²) in [5.74, 6) is -2.62. The topological polar surface area (TPSA) is 169 Å². The number of nitrogens with one attached hydrogen (secondary N) is 1. The van der Waals surface area contributed by atoms with Gasteiger partial charge in [0.15, 0.2) is 0 Å². The molecule has 12 heteroatoms. The highest BCUT2D eigenvalue weighted by molar-refractivity contribution is 6.18. The van der Waals surface area contributed by atoms with E-state index in [2.05, 4.69) is 15.5 Å². The summed E-state index contributed by atoms with van der Waals surface area (Å²) >= 11 is 0. The van der Waals surface area contributed by atoms with Crippen LogP contribution >= 0.6 is 0 Å². The molecule has 0 saturated carbocycles. The average Bonchev–Trinajstić information content (AvgIpc) is 3.33. The molecule has 0 spiro atoms. The van der Waals surface area contributed by atoms with Crippen LogP contribution in [0.15, 0.2) is 40.6 Å². The van der Waals surface area contributed by atoms with Gasteiger partial charge >= 0.3 is 0 Å². The van der Waals surface area contributed by atoms with E-state index in [1.807, 2.05) is 0 Å². The van der Waals surface area contributed by atoms with Crippen molar-refractivity contribution in [2.24, 2.45) is 5.73 Å². The summed E-state index contributed by atoms with van der Waals surface area (Å²) in [6, 6.07) is 5.37. The molecule has 2 aliphatic rings. The number of amides is 5. The average molecular weight is 438 g/mol. The molecule has 1 aromatic heterocycles. The quantitative estimate of drug-likeness (QED) is 0.555. The van der Waals surface area contributed by atoms with E-state index in [0.717, 1.165) is 11.0 Å². The van der Waals surface area contributed by atoms with Crippen molar-refractivity contribution in [2.45, 2.75) is 25.4 Å². The number of imide groups is 2. The predicted octanol–water partition coefficient (Wildman–Crippen LogP) is -0.675. The summed E-state index contributed by atoms with van der Waals surface area (Å²) < 4.78 is 5.23. The summed E-state index contributed by atoms with van der Waals surface area (Å²) in [6.07, 6.45) is 1.24. The maximum atomic E-state index is 12.8. The van der Waals surface area contributed by atoms with Crippen LogP contribution < -0.4 is 11.1 Å². The molecule has 1 aromatic carbocycles. The monoisotopic (exact) mass is 438 g/mol. The first-order chi connectivity index (χ1) is 15.2. The van der Waals surface area contributed by atoms with Crippen molar-refractivity contribution in [2.75, 3.05) is 7.05 Å². The zero-order chi connectivity index (χ0) is 23.0. The Morgan fingerprint density at radius 1 is 1.31 bits per heavy atom. The standard InChI is InChI=1S/C20H18N6O6/c1-25(9-15-23-18(24-32-15)11-4-2-3-10(7-11)17(21)29)13-8-16(28)26(20(13)31)12-5-6-14(27)22-19(12)30/h2-4,7-8,12H,5-6,9H2,1H3,(H2,21,29)(H,22,27,30). The first kappa shape index (κ1) is 20.9. The molecule has 1 fully saturated rings. The van der Waals surface area contributed by atoms with E-state index in [0.29, 0.717) is 11.1 Å². The normalized spacial score (nSPS) is 18.6. The molecule has 2 aliphatic heterocycles. The van der Waals surface area contributed by atoms with Gasteiger partial charge in [-0.25, -0.2) is 0 Å². The number of carbonyl (C=O) groups is 5. The highest BCUT2D eigenvalue weighted by Gasteiger charge is 2.43. The molecular formula is C20H18N6O6. The maximum Gasteiger partial charge on any atom is 0.277 e. The van der Waals surface area contributed by atoms with Gasteiger partial charge in [-0.1, -0.05) is 17.3 Å². The fraction of sp³-hybridized carbons (Fsp3) is 0.250. The van der Waals surface area contributed by atoms with E-state index in [1.165, 1.54) is 11.0 Å². The summed E-state index contributed by atoms with van der Waals surface area (Å²) in [4.78, 5) is 66.6. The number of primary amides is 1. The van der Waals surface area contributed by atoms with Crippen molar-refractivity contribution in [1.29, 1.82) is 0 Å². The number of rotatable bonds is 6. The van der Waals surface area contributed by atoms with Crippen molar-refractivity contribution in [3.8, 4) is 11.4 Å². The minimum Gasteiger partial charge on any atom is -0.366 e. The molecule has 4 rings (SSSR count). The fourth-order valence-corrected chi connectivity index (χ4v) is 3.50. The lowest BCUT2D eigenvalue weighted by molar-refractivity contribution is -0.150. The summed E-state index contributed by atoms with van der Waals surface area (Å²) in [5.41, 5.74) is 6.15. The largest absolute Gasteiger partial charge is 0.366 e. The molecule has 0 radical (unpaired) electrons. The SMILES string of the molecule is CN(Cc1nc(-c2cccc(C(N)=O)c2)no1)C1=CC(=O)N(C2CCC(=O)NC2=O)C1=O. The minimum absolute atomic E-state index is 0.0105. The van der Waals surface area contributed by atoms with Crippen molar-refractivity contribution in [1.82, 2.24) is 25.3 Å². The van der Waals surface area contributed by atoms with Crippen LogP contribution in [0, 0.1) is 0 Å². The van der Waals surface area contributed by atoms with Gasteiger partial charge in [-0.15, -0.1) is 0 Å². The predicted molar refractivity (Wildman–Crippen MR) is 106 cm³/mol. The van der Waals surface area contributed by atoms with Crippen LogP contribution in [-0.4, -0.2) is 62.6 Å². The fourth-order valence-electron chi connectivity index (χ4n) is 3.50. The van der Waals surface area contributed by atoms with Crippen molar-refractivity contribution in [3.05, 3.63) is 47.5 Å². The summed E-state index contributed by atoms with van der Waals surface area (Å²) in [6.45, 7) is 0.0105. The second-order valence-electron chi connectivity index (χ2n) is 7.32. The third kappa shape index (κ3) is 3.85. The minimum atomic E-state index is -1.04. The molecule has 3 heterocycles. The molecule has 3 N–H and O–H groups in total. The molecule has 0 bridgehead atoms. The van der Waals surface area contributed by atoms with Crippen LogP contribution in [0.3, 0.4) is 0 Å². The number of benzene rings is 1. The van der Waals surface area contributed by atoms with Crippen LogP contribution in [0.2, 0.25) is 0 Å². The Bertz CT molecular complexity index is 1180. The van der Waals surface area contributed by atoms with Crippen molar-refractivity contribution < 1.29 is 28.5 Å². The molecule has 5 amide bonds. The number of piperidine rings is 1. The van der Waals surface area contributed by atoms with Crippen molar-refractivity contribution >= 4 is 29.5 Å². The van der Waals surface area contributed by atoms with E-state index in [4.69, 9.17) is 10.3 Å². The number of likely N-dealkylation sites (N-methyl/N-ethyl adjacent to an activating group) is 1. The molecule has 164 valence electrons. The molecule has 1 atom stereocenters. The first-order valence-electron chi connectivity index (χ1n) is 9.61. The van der Waals surface area contributed by atoms with Crippen LogP contribution in [0.25, 0.3) is 11.4 Å². The van der Waals surface area contributed by atoms with E-state index >= 15 is 0 Å². The van der Waals surface area contributed by atoms with Crippen LogP contribution in [0.5, 0.6) is 0 Å². The van der Waals surface area contributed by atoms with E-state index in [1.54, 1.807) is 25.2 Å². The maximum absolute atomic E-state index is 12.8. The van der Waals surface area contributed by atoms with Gasteiger partial charge in [-0.2, -0.15) is 4.98 Å². The Labute approximate surface area is 181 Å². The Balaban J connectivity index is 1.47. The van der Waals surface area contributed by atoms with Gasteiger partial charge in [0.05, 0.1) is 6.54 Å². The lowest BCUT2D eigenvalue weighted by atomic mass is 10.0. The molecule has 0 aliphatic carbocycles. The van der Waals surface area contributed by atoms with E-state index < -0.39 is 35.6 Å². The third-order valence-corrected chi connectivity index (χ3v) is 5.11. The second kappa shape index (κ2) is 8.06. The van der Waals surface area contributed by atoms with Gasteiger partial charge in [0.2, 0.25) is 29.4 Å². The molecule has 2 aromatic rings. The number of carbonyl (C=O) groups excluding carboxylic acids is 5. The number of aromatic nitrogens is 2. The second-order valence-corrected chi connectivity index (χ2v) is 7.32. The summed E-state index contributed by atoms with van der Waals surface area (Å²) in [5, 5.41) is 6.01. The van der Waals surface area contributed by atoms with Crippen LogP contribution in [0.1, 0.15) is 29.1 Å². The lowest BCUT2D eigenvalue weighted by Crippen LogP contribution is -2.54. The summed E-state index contributed by atoms with van der Waals surface area (Å²) in [7, 11) is 1.56. The van der Waals surface area contributed by atoms with Gasteiger partial charge < -0.3 is 15.2 Å². The smallest absolute Gasteiger partial charge is 0.277 e. The Morgan fingerprint density at radius 3 is 2.81 bits per heavy atom. The first-order valence-corrected chi connectivity index (χ1v) is 9.61. The van der Waals surface area contributed by atoms with Crippen LogP contribution in [0.4, 0.5) is 0 Å². The van der Waals surface area contributed by atoms with Crippen LogP contribution in [-0.2, 0) is 25.7 Å². The van der Waals surface area contributed by atoms with Gasteiger partial charge in [0, 0.05) is 30.7 Å². The lowest BCUT2D eigenvalue weighted by Gasteiger charge is -2.29. The van der Waals surface area contributed by atoms with Gasteiger partial charge in [0.1, 0.15) is 11.7 Å². The number of nitrogens with two attached hydrogens (primary N) is 1. The van der Waals surface area contributed by atoms with Gasteiger partial charge in [-0.05, 0) is 18.6 Å². The third-order valence-electron chi connectivity index (χ3n) is 5.11. The number of hydrogen-bond acceptors (Lipinski definition) is 9. The van der Waals surface area contributed by atoms with Gasteiger partial charge in [0.25, 0.3) is 11.8 Å². The Hall–Kier alpha value is -4.35. The number of hydrogen-bond donors (Lipinski definition) is 2. The zero-order valence-corrected chi connectivity index (χ0v) is 16.9. The molecule has 1 unspecified atom stereocenters. The molecular weight excluding hydrogens is 420 g/mol. The highest BCUT2D eigenvalue weighted by Crippen LogP contribution is 2.24. The highest BCUT2D eigenvalue weighted by atomic mass is 16.5. The van der Waals surface area contributed by atoms with Crippen molar-refractivity contribution in [3.63, 3.8) is 0 Å². The Morgan fingerprint density at radius 2 is 2.09 bits per heavy atom. The zero-order valence-electron chi connectivity index (χ0n) is 16.9. The Kier molecular flexibility index (Phi) is 5.26. The van der Waals surface area contributed by atoms with Gasteiger partial charge in [-0.3, -0.25) is 34.2 Å². The molecule has 32 heavy (non-hydrogen) atoms. The molecule has 1 saturated heterocycles. The number of nitrogens with zero attached hydrogens (tertiary/aromatic N) is 4.